The number of amidine groups is 1. The molecule has 6 heteroatoms. The van der Waals surface area contributed by atoms with Gasteiger partial charge < -0.3 is 9.15 Å². The Morgan fingerprint density at radius 3 is 2.82 bits per heavy atom. The lowest BCUT2D eigenvalue weighted by atomic mass is 10.2. The number of methoxy groups -OCH3 is 1. The van der Waals surface area contributed by atoms with E-state index in [1.54, 1.807) is 49.6 Å². The van der Waals surface area contributed by atoms with E-state index >= 15 is 0 Å². The highest BCUT2D eigenvalue weighted by Gasteiger charge is 2.11. The molecule has 3 aromatic rings. The van der Waals surface area contributed by atoms with Gasteiger partial charge in [0, 0.05) is 10.4 Å². The number of aliphatic imine (C=N–C) groups is 1. The predicted molar refractivity (Wildman–Crippen MR) is 85.3 cm³/mol. The quantitative estimate of drug-likeness (QED) is 0.433. The molecule has 1 aromatic heterocycles. The molecule has 0 aliphatic heterocycles. The van der Waals surface area contributed by atoms with E-state index in [9.17, 15) is 5.21 Å². The zero-order chi connectivity index (χ0) is 15.5. The van der Waals surface area contributed by atoms with E-state index in [0.717, 1.165) is 11.1 Å². The lowest BCUT2D eigenvalue weighted by Crippen LogP contribution is -2.19. The summed E-state index contributed by atoms with van der Waals surface area (Å²) in [6.07, 6.45) is 0. The van der Waals surface area contributed by atoms with Gasteiger partial charge in [-0.3, -0.25) is 5.21 Å². The van der Waals surface area contributed by atoms with Gasteiger partial charge in [-0.25, -0.2) is 10.5 Å². The lowest BCUT2D eigenvalue weighted by molar-refractivity contribution is 0.233. The van der Waals surface area contributed by atoms with Crippen molar-refractivity contribution in [2.75, 3.05) is 7.11 Å². The van der Waals surface area contributed by atoms with E-state index in [0.29, 0.717) is 22.1 Å². The number of benzene rings is 2. The Balaban J connectivity index is 2.03. The molecule has 0 aliphatic carbocycles. The first-order valence-corrected chi connectivity index (χ1v) is 6.90. The Bertz CT molecular complexity index is 842. The summed E-state index contributed by atoms with van der Waals surface area (Å²) in [7, 11) is 1.60. The number of hydroxylamine groups is 1. The molecule has 0 amide bonds. The maximum absolute atomic E-state index is 9.34. The van der Waals surface area contributed by atoms with Crippen LogP contribution in [0.25, 0.3) is 11.0 Å². The molecule has 0 saturated heterocycles. The van der Waals surface area contributed by atoms with Crippen molar-refractivity contribution in [3.8, 4) is 5.75 Å². The smallest absolute Gasteiger partial charge is 0.193 e. The predicted octanol–water partition coefficient (Wildman–Crippen LogP) is 4.15. The van der Waals surface area contributed by atoms with E-state index in [4.69, 9.17) is 20.8 Å². The van der Waals surface area contributed by atoms with E-state index < -0.39 is 0 Å². The zero-order valence-corrected chi connectivity index (χ0v) is 12.5. The second-order valence-corrected chi connectivity index (χ2v) is 5.00. The van der Waals surface area contributed by atoms with Gasteiger partial charge in [-0.15, -0.1) is 0 Å². The molecule has 0 spiro atoms. The third-order valence-corrected chi connectivity index (χ3v) is 3.35. The van der Waals surface area contributed by atoms with Crippen molar-refractivity contribution in [2.24, 2.45) is 4.99 Å². The highest BCUT2D eigenvalue weighted by Crippen LogP contribution is 2.25. The summed E-state index contributed by atoms with van der Waals surface area (Å²) in [5, 5.41) is 10.8. The average molecular weight is 317 g/mol. The number of hydrogen-bond acceptors (Lipinski definition) is 4. The largest absolute Gasteiger partial charge is 0.497 e. The van der Waals surface area contributed by atoms with Crippen LogP contribution < -0.4 is 10.2 Å². The van der Waals surface area contributed by atoms with Gasteiger partial charge in [0.2, 0.25) is 0 Å². The summed E-state index contributed by atoms with van der Waals surface area (Å²) in [5.74, 6) is 1.33. The first-order chi connectivity index (χ1) is 10.7. The Labute approximate surface area is 131 Å². The maximum atomic E-state index is 9.34. The van der Waals surface area contributed by atoms with Crippen LogP contribution in [0.4, 0.5) is 5.69 Å². The highest BCUT2D eigenvalue weighted by atomic mass is 35.5. The summed E-state index contributed by atoms with van der Waals surface area (Å²) < 4.78 is 10.9. The molecule has 0 aliphatic rings. The Kier molecular flexibility index (Phi) is 4.00. The molecule has 3 rings (SSSR count). The highest BCUT2D eigenvalue weighted by molar-refractivity contribution is 6.30. The van der Waals surface area contributed by atoms with Gasteiger partial charge in [-0.1, -0.05) is 17.7 Å². The van der Waals surface area contributed by atoms with Crippen LogP contribution in [0.5, 0.6) is 5.75 Å². The molecular formula is C16H13ClN2O3. The number of furan rings is 1. The molecule has 0 bridgehead atoms. The van der Waals surface area contributed by atoms with Gasteiger partial charge in [0.05, 0.1) is 12.8 Å². The van der Waals surface area contributed by atoms with Gasteiger partial charge in [0.1, 0.15) is 11.3 Å². The van der Waals surface area contributed by atoms with Crippen LogP contribution in [-0.2, 0) is 0 Å². The zero-order valence-electron chi connectivity index (χ0n) is 11.7. The van der Waals surface area contributed by atoms with E-state index in [-0.39, 0.29) is 5.84 Å². The molecule has 0 radical (unpaired) electrons. The van der Waals surface area contributed by atoms with Crippen LogP contribution in [0.15, 0.2) is 57.9 Å². The monoisotopic (exact) mass is 316 g/mol. The van der Waals surface area contributed by atoms with Crippen LogP contribution in [0, 0.1) is 0 Å². The van der Waals surface area contributed by atoms with Gasteiger partial charge in [-0.05, 0) is 42.5 Å². The second kappa shape index (κ2) is 6.09. The summed E-state index contributed by atoms with van der Waals surface area (Å²) in [4.78, 5) is 4.29. The molecule has 22 heavy (non-hydrogen) atoms. The van der Waals surface area contributed by atoms with Crippen LogP contribution in [0.3, 0.4) is 0 Å². The number of halogens is 1. The summed E-state index contributed by atoms with van der Waals surface area (Å²) >= 11 is 5.93. The van der Waals surface area contributed by atoms with Crippen LogP contribution >= 0.6 is 11.6 Å². The van der Waals surface area contributed by atoms with Gasteiger partial charge in [0.15, 0.2) is 11.6 Å². The maximum Gasteiger partial charge on any atom is 0.193 e. The molecule has 0 fully saturated rings. The molecule has 5 nitrogen and oxygen atoms in total. The third kappa shape index (κ3) is 2.90. The van der Waals surface area contributed by atoms with Crippen LogP contribution in [0.1, 0.15) is 5.76 Å². The van der Waals surface area contributed by atoms with Crippen LogP contribution in [-0.4, -0.2) is 18.2 Å². The summed E-state index contributed by atoms with van der Waals surface area (Å²) in [6.45, 7) is 0. The van der Waals surface area contributed by atoms with Crippen molar-refractivity contribution in [1.29, 1.82) is 0 Å². The minimum Gasteiger partial charge on any atom is -0.497 e. The molecule has 112 valence electrons. The molecule has 0 unspecified atom stereocenters. The summed E-state index contributed by atoms with van der Waals surface area (Å²) in [6, 6.07) is 14.2. The molecule has 2 aromatic carbocycles. The SMILES string of the molecule is COc1ccc2oc(C(=Nc3cccc(Cl)c3)NO)cc2c1. The number of fused-ring (bicyclic) bond motifs is 1. The summed E-state index contributed by atoms with van der Waals surface area (Å²) in [5.41, 5.74) is 3.33. The normalized spacial score (nSPS) is 11.7. The van der Waals surface area contributed by atoms with Crippen molar-refractivity contribution in [1.82, 2.24) is 5.48 Å². The Hall–Kier alpha value is -2.50. The molecular weight excluding hydrogens is 304 g/mol. The van der Waals surface area contributed by atoms with Gasteiger partial charge >= 0.3 is 0 Å². The van der Waals surface area contributed by atoms with E-state index in [1.807, 2.05) is 6.07 Å². The number of nitrogens with one attached hydrogen (secondary N) is 1. The van der Waals surface area contributed by atoms with Crippen molar-refractivity contribution >= 4 is 34.1 Å². The number of rotatable bonds is 3. The third-order valence-electron chi connectivity index (χ3n) is 3.11. The van der Waals surface area contributed by atoms with Gasteiger partial charge in [-0.2, -0.15) is 0 Å². The first-order valence-electron chi connectivity index (χ1n) is 6.52. The minimum absolute atomic E-state index is 0.192. The first kappa shape index (κ1) is 14.4. The Morgan fingerprint density at radius 1 is 1.23 bits per heavy atom. The second-order valence-electron chi connectivity index (χ2n) is 4.57. The van der Waals surface area contributed by atoms with Gasteiger partial charge in [0.25, 0.3) is 0 Å². The number of nitrogens with zero attached hydrogens (tertiary/aromatic N) is 1. The molecule has 2 N–H and O–H groups in total. The topological polar surface area (TPSA) is 67.0 Å². The fourth-order valence-electron chi connectivity index (χ4n) is 2.08. The molecule has 0 saturated carbocycles. The average Bonchev–Trinajstić information content (AvgIpc) is 2.95. The van der Waals surface area contributed by atoms with E-state index in [2.05, 4.69) is 10.5 Å². The lowest BCUT2D eigenvalue weighted by Gasteiger charge is -2.01. The molecule has 1 heterocycles. The fourth-order valence-corrected chi connectivity index (χ4v) is 2.26. The standard InChI is InChI=1S/C16H13ClN2O3/c1-21-13-5-6-14-10(7-13)8-15(22-14)16(19-20)18-12-4-2-3-11(17)9-12/h2-9,20H,1H3,(H,18,19). The number of ether oxygens (including phenoxy) is 1. The fraction of sp³-hybridized carbons (Fsp3) is 0.0625. The molecule has 0 atom stereocenters. The number of hydrogen-bond donors (Lipinski definition) is 2. The van der Waals surface area contributed by atoms with Crippen molar-refractivity contribution in [2.45, 2.75) is 0 Å². The van der Waals surface area contributed by atoms with E-state index in [1.165, 1.54) is 0 Å². The Morgan fingerprint density at radius 2 is 2.09 bits per heavy atom. The van der Waals surface area contributed by atoms with Crippen molar-refractivity contribution < 1.29 is 14.4 Å². The van der Waals surface area contributed by atoms with Crippen molar-refractivity contribution in [3.63, 3.8) is 0 Å². The van der Waals surface area contributed by atoms with Crippen molar-refractivity contribution in [3.05, 3.63) is 59.3 Å². The van der Waals surface area contributed by atoms with Crippen LogP contribution in [0.2, 0.25) is 5.02 Å². The minimum atomic E-state index is 0.192.